The maximum absolute atomic E-state index is 12.0. The van der Waals surface area contributed by atoms with Gasteiger partial charge in [0.05, 0.1) is 12.2 Å². The van der Waals surface area contributed by atoms with Crippen molar-refractivity contribution in [2.24, 2.45) is 7.05 Å². The second-order valence-corrected chi connectivity index (χ2v) is 5.09. The standard InChI is InChI=1S/C14H20N6O/c1-11(8-12-9-15-5-6-16-12)19(2)10-14(21)17-13-4-7-20(3)18-13/h4-7,9,11H,8,10H2,1-3H3,(H,17,18,21)/t11-/m1/s1. The molecule has 0 aliphatic rings. The minimum atomic E-state index is -0.0813. The Morgan fingerprint density at radius 2 is 2.29 bits per heavy atom. The summed E-state index contributed by atoms with van der Waals surface area (Å²) in [7, 11) is 3.73. The third-order valence-corrected chi connectivity index (χ3v) is 3.25. The van der Waals surface area contributed by atoms with Crippen LogP contribution in [-0.4, -0.2) is 50.2 Å². The van der Waals surface area contributed by atoms with Crippen LogP contribution in [0.25, 0.3) is 0 Å². The molecule has 1 atom stereocenters. The summed E-state index contributed by atoms with van der Waals surface area (Å²) in [6.07, 6.45) is 7.61. The molecule has 2 heterocycles. The van der Waals surface area contributed by atoms with Crippen LogP contribution in [0.5, 0.6) is 0 Å². The molecular formula is C14H20N6O. The molecule has 0 saturated heterocycles. The van der Waals surface area contributed by atoms with Crippen LogP contribution in [0.2, 0.25) is 0 Å². The largest absolute Gasteiger partial charge is 0.308 e. The fourth-order valence-electron chi connectivity index (χ4n) is 1.94. The van der Waals surface area contributed by atoms with E-state index in [0.29, 0.717) is 12.4 Å². The van der Waals surface area contributed by atoms with E-state index >= 15 is 0 Å². The molecule has 0 saturated carbocycles. The summed E-state index contributed by atoms with van der Waals surface area (Å²) in [6, 6.07) is 1.96. The number of rotatable bonds is 6. The molecule has 1 N–H and O–H groups in total. The number of aromatic nitrogens is 4. The Labute approximate surface area is 124 Å². The predicted molar refractivity (Wildman–Crippen MR) is 79.7 cm³/mol. The van der Waals surface area contributed by atoms with Crippen molar-refractivity contribution in [3.05, 3.63) is 36.5 Å². The number of hydrogen-bond acceptors (Lipinski definition) is 5. The van der Waals surface area contributed by atoms with Crippen molar-refractivity contribution in [3.8, 4) is 0 Å². The van der Waals surface area contributed by atoms with Gasteiger partial charge < -0.3 is 5.32 Å². The van der Waals surface area contributed by atoms with Gasteiger partial charge in [-0.3, -0.25) is 24.3 Å². The molecule has 0 radical (unpaired) electrons. The molecule has 0 aromatic carbocycles. The normalized spacial score (nSPS) is 12.4. The first kappa shape index (κ1) is 15.1. The van der Waals surface area contributed by atoms with Gasteiger partial charge in [0.25, 0.3) is 0 Å². The average molecular weight is 288 g/mol. The van der Waals surface area contributed by atoms with Crippen molar-refractivity contribution in [2.75, 3.05) is 18.9 Å². The number of nitrogens with zero attached hydrogens (tertiary/aromatic N) is 5. The molecule has 7 nitrogen and oxygen atoms in total. The number of nitrogens with one attached hydrogen (secondary N) is 1. The Bertz CT molecular complexity index is 582. The van der Waals surface area contributed by atoms with Gasteiger partial charge in [-0.15, -0.1) is 0 Å². The van der Waals surface area contributed by atoms with Gasteiger partial charge in [-0.25, -0.2) is 0 Å². The van der Waals surface area contributed by atoms with Gasteiger partial charge in [0.15, 0.2) is 5.82 Å². The molecule has 0 fully saturated rings. The molecule has 0 unspecified atom stereocenters. The molecule has 21 heavy (non-hydrogen) atoms. The SMILES string of the molecule is C[C@H](Cc1cnccn1)N(C)CC(=O)Nc1ccn(C)n1. The minimum absolute atomic E-state index is 0.0813. The van der Waals surface area contributed by atoms with Crippen LogP contribution in [0.3, 0.4) is 0 Å². The molecule has 7 heteroatoms. The summed E-state index contributed by atoms with van der Waals surface area (Å²) >= 11 is 0. The van der Waals surface area contributed by atoms with Gasteiger partial charge >= 0.3 is 0 Å². The summed E-state index contributed by atoms with van der Waals surface area (Å²) in [4.78, 5) is 22.2. The van der Waals surface area contributed by atoms with Crippen LogP contribution in [0.15, 0.2) is 30.9 Å². The van der Waals surface area contributed by atoms with Crippen molar-refractivity contribution < 1.29 is 4.79 Å². The first-order valence-electron chi connectivity index (χ1n) is 6.79. The first-order chi connectivity index (χ1) is 10.0. The Morgan fingerprint density at radius 1 is 1.48 bits per heavy atom. The van der Waals surface area contributed by atoms with E-state index in [1.807, 2.05) is 19.0 Å². The lowest BCUT2D eigenvalue weighted by Gasteiger charge is -2.23. The fourth-order valence-corrected chi connectivity index (χ4v) is 1.94. The van der Waals surface area contributed by atoms with Gasteiger partial charge in [0.1, 0.15) is 0 Å². The zero-order chi connectivity index (χ0) is 15.2. The molecule has 0 aliphatic heterocycles. The highest BCUT2D eigenvalue weighted by atomic mass is 16.2. The Morgan fingerprint density at radius 3 is 2.90 bits per heavy atom. The lowest BCUT2D eigenvalue weighted by atomic mass is 10.1. The molecule has 2 aromatic heterocycles. The summed E-state index contributed by atoms with van der Waals surface area (Å²) in [5.74, 6) is 0.486. The smallest absolute Gasteiger partial charge is 0.239 e. The van der Waals surface area contributed by atoms with E-state index in [2.05, 4.69) is 27.3 Å². The topological polar surface area (TPSA) is 75.9 Å². The number of carbonyl (C=O) groups excluding carboxylic acids is 1. The van der Waals surface area contributed by atoms with Gasteiger partial charge in [-0.1, -0.05) is 0 Å². The maximum Gasteiger partial charge on any atom is 0.239 e. The molecule has 2 rings (SSSR count). The summed E-state index contributed by atoms with van der Waals surface area (Å²) in [5.41, 5.74) is 0.919. The third kappa shape index (κ3) is 4.64. The van der Waals surface area contributed by atoms with Gasteiger partial charge in [0.2, 0.25) is 5.91 Å². The molecular weight excluding hydrogens is 268 g/mol. The second-order valence-electron chi connectivity index (χ2n) is 5.09. The molecule has 1 amide bonds. The van der Waals surface area contributed by atoms with Crippen LogP contribution in [0.4, 0.5) is 5.82 Å². The third-order valence-electron chi connectivity index (χ3n) is 3.25. The van der Waals surface area contributed by atoms with Crippen LogP contribution in [0, 0.1) is 0 Å². The van der Waals surface area contributed by atoms with Crippen LogP contribution in [-0.2, 0) is 18.3 Å². The molecule has 112 valence electrons. The highest BCUT2D eigenvalue weighted by molar-refractivity contribution is 5.91. The summed E-state index contributed by atoms with van der Waals surface area (Å²) in [5, 5.41) is 6.89. The van der Waals surface area contributed by atoms with Crippen molar-refractivity contribution in [1.82, 2.24) is 24.6 Å². The van der Waals surface area contributed by atoms with Gasteiger partial charge in [-0.05, 0) is 14.0 Å². The van der Waals surface area contributed by atoms with Gasteiger partial charge in [-0.2, -0.15) is 5.10 Å². The molecule has 0 spiro atoms. The van der Waals surface area contributed by atoms with E-state index in [-0.39, 0.29) is 11.9 Å². The average Bonchev–Trinajstić information content (AvgIpc) is 2.84. The molecule has 0 aliphatic carbocycles. The zero-order valence-corrected chi connectivity index (χ0v) is 12.5. The Balaban J connectivity index is 1.82. The monoisotopic (exact) mass is 288 g/mol. The van der Waals surface area contributed by atoms with Crippen LogP contribution < -0.4 is 5.32 Å². The Hall–Kier alpha value is -2.28. The van der Waals surface area contributed by atoms with Crippen molar-refractivity contribution in [3.63, 3.8) is 0 Å². The number of anilines is 1. The quantitative estimate of drug-likeness (QED) is 0.847. The highest BCUT2D eigenvalue weighted by Crippen LogP contribution is 2.05. The second kappa shape index (κ2) is 6.94. The van der Waals surface area contributed by atoms with E-state index in [1.165, 1.54) is 0 Å². The number of aryl methyl sites for hydroxylation is 1. The fraction of sp³-hybridized carbons (Fsp3) is 0.429. The lowest BCUT2D eigenvalue weighted by molar-refractivity contribution is -0.117. The number of likely N-dealkylation sites (N-methyl/N-ethyl adjacent to an activating group) is 1. The zero-order valence-electron chi connectivity index (χ0n) is 12.5. The van der Waals surface area contributed by atoms with Crippen molar-refractivity contribution >= 4 is 11.7 Å². The Kier molecular flexibility index (Phi) is 4.99. The number of hydrogen-bond donors (Lipinski definition) is 1. The van der Waals surface area contributed by atoms with E-state index in [1.54, 1.807) is 35.5 Å². The van der Waals surface area contributed by atoms with E-state index in [4.69, 9.17) is 0 Å². The lowest BCUT2D eigenvalue weighted by Crippen LogP contribution is -2.37. The van der Waals surface area contributed by atoms with E-state index < -0.39 is 0 Å². The molecule has 0 bridgehead atoms. The summed E-state index contributed by atoms with van der Waals surface area (Å²) in [6.45, 7) is 2.36. The van der Waals surface area contributed by atoms with E-state index in [9.17, 15) is 4.79 Å². The molecule has 2 aromatic rings. The minimum Gasteiger partial charge on any atom is -0.308 e. The highest BCUT2D eigenvalue weighted by Gasteiger charge is 2.15. The maximum atomic E-state index is 12.0. The van der Waals surface area contributed by atoms with Crippen molar-refractivity contribution in [1.29, 1.82) is 0 Å². The van der Waals surface area contributed by atoms with Gasteiger partial charge in [0, 0.05) is 50.4 Å². The van der Waals surface area contributed by atoms with Crippen LogP contribution in [0.1, 0.15) is 12.6 Å². The van der Waals surface area contributed by atoms with Crippen LogP contribution >= 0.6 is 0 Å². The predicted octanol–water partition coefficient (Wildman–Crippen LogP) is 0.712. The van der Waals surface area contributed by atoms with Crippen molar-refractivity contribution in [2.45, 2.75) is 19.4 Å². The first-order valence-corrected chi connectivity index (χ1v) is 6.79. The number of amides is 1. The summed E-state index contributed by atoms with van der Waals surface area (Å²) < 4.78 is 1.65. The number of carbonyl (C=O) groups is 1. The van der Waals surface area contributed by atoms with E-state index in [0.717, 1.165) is 12.1 Å².